The predicted molar refractivity (Wildman–Crippen MR) is 45.8 cm³/mol. The molecule has 0 saturated carbocycles. The minimum Gasteiger partial charge on any atom is -0.282 e. The molecule has 0 atom stereocenters. The number of hydrogen-bond donors (Lipinski definition) is 1. The molecule has 0 aliphatic heterocycles. The van der Waals surface area contributed by atoms with Gasteiger partial charge in [0.2, 0.25) is 0 Å². The lowest BCUT2D eigenvalue weighted by atomic mass is 10.3. The fraction of sp³-hybridized carbons (Fsp3) is 0.375. The van der Waals surface area contributed by atoms with E-state index in [4.69, 9.17) is 10.5 Å². The predicted octanol–water partition coefficient (Wildman–Crippen LogP) is 1.29. The normalized spacial score (nSPS) is 11.7. The van der Waals surface area contributed by atoms with Gasteiger partial charge in [-0.3, -0.25) is 5.43 Å². The molecule has 0 aliphatic rings. The van der Waals surface area contributed by atoms with Crippen LogP contribution in [0.4, 0.5) is 0 Å². The lowest BCUT2D eigenvalue weighted by Gasteiger charge is -1.97. The third-order valence-corrected chi connectivity index (χ3v) is 1.04. The topological polar surface area (TPSA) is 72.0 Å². The SMILES string of the molecule is C/C(=C\C#N)N/N=C(\C)CC#N. The lowest BCUT2D eigenvalue weighted by molar-refractivity contribution is 0.882. The van der Waals surface area contributed by atoms with E-state index in [2.05, 4.69) is 10.5 Å². The van der Waals surface area contributed by atoms with Crippen LogP contribution in [-0.2, 0) is 0 Å². The molecule has 0 bridgehead atoms. The van der Waals surface area contributed by atoms with Gasteiger partial charge in [-0.2, -0.15) is 15.6 Å². The monoisotopic (exact) mass is 162 g/mol. The van der Waals surface area contributed by atoms with Crippen molar-refractivity contribution in [2.24, 2.45) is 5.10 Å². The van der Waals surface area contributed by atoms with Crippen molar-refractivity contribution < 1.29 is 0 Å². The molecule has 0 spiro atoms. The Balaban J connectivity index is 3.99. The van der Waals surface area contributed by atoms with E-state index in [0.29, 0.717) is 17.8 Å². The second-order valence-corrected chi connectivity index (χ2v) is 2.25. The summed E-state index contributed by atoms with van der Waals surface area (Å²) in [6.07, 6.45) is 1.65. The molecular formula is C8H10N4. The van der Waals surface area contributed by atoms with Gasteiger partial charge in [-0.1, -0.05) is 0 Å². The van der Waals surface area contributed by atoms with Crippen molar-refractivity contribution >= 4 is 5.71 Å². The molecule has 4 nitrogen and oxygen atoms in total. The van der Waals surface area contributed by atoms with Crippen molar-refractivity contribution in [2.45, 2.75) is 20.3 Å². The Bertz CT molecular complexity index is 274. The molecule has 0 fully saturated rings. The molecule has 0 radical (unpaired) electrons. The van der Waals surface area contributed by atoms with Crippen molar-refractivity contribution in [3.63, 3.8) is 0 Å². The summed E-state index contributed by atoms with van der Waals surface area (Å²) in [6.45, 7) is 3.47. The van der Waals surface area contributed by atoms with E-state index in [1.165, 1.54) is 6.08 Å². The second-order valence-electron chi connectivity index (χ2n) is 2.25. The van der Waals surface area contributed by atoms with Crippen LogP contribution in [0, 0.1) is 22.7 Å². The smallest absolute Gasteiger partial charge is 0.0930 e. The van der Waals surface area contributed by atoms with Gasteiger partial charge >= 0.3 is 0 Å². The van der Waals surface area contributed by atoms with Crippen molar-refractivity contribution in [2.75, 3.05) is 0 Å². The van der Waals surface area contributed by atoms with Gasteiger partial charge in [0.15, 0.2) is 0 Å². The summed E-state index contributed by atoms with van der Waals surface area (Å²) in [5.74, 6) is 0. The van der Waals surface area contributed by atoms with Gasteiger partial charge in [0.25, 0.3) is 0 Å². The van der Waals surface area contributed by atoms with E-state index in [1.807, 2.05) is 12.1 Å². The molecule has 0 amide bonds. The highest BCUT2D eigenvalue weighted by Crippen LogP contribution is 1.87. The van der Waals surface area contributed by atoms with Crippen LogP contribution in [0.3, 0.4) is 0 Å². The third-order valence-electron chi connectivity index (χ3n) is 1.04. The number of hydrogen-bond acceptors (Lipinski definition) is 4. The lowest BCUT2D eigenvalue weighted by Crippen LogP contribution is -2.05. The second kappa shape index (κ2) is 5.94. The Morgan fingerprint density at radius 1 is 1.50 bits per heavy atom. The standard InChI is InChI=1S/C8H10N4/c1-7(3-5-9)11-12-8(2)4-6-10/h3,11H,4H2,1-2H3/b7-3+,12-8+. The van der Waals surface area contributed by atoms with E-state index in [1.54, 1.807) is 13.8 Å². The fourth-order valence-corrected chi connectivity index (χ4v) is 0.467. The van der Waals surface area contributed by atoms with Crippen molar-refractivity contribution in [1.29, 1.82) is 10.5 Å². The number of hydrazone groups is 1. The van der Waals surface area contributed by atoms with E-state index in [-0.39, 0.29) is 0 Å². The van der Waals surface area contributed by atoms with Crippen LogP contribution in [0.1, 0.15) is 20.3 Å². The Hall–Kier alpha value is -1.81. The Morgan fingerprint density at radius 2 is 2.17 bits per heavy atom. The van der Waals surface area contributed by atoms with Crippen LogP contribution in [0.25, 0.3) is 0 Å². The third kappa shape index (κ3) is 5.01. The summed E-state index contributed by atoms with van der Waals surface area (Å²) in [6, 6.07) is 3.83. The first-order valence-electron chi connectivity index (χ1n) is 3.43. The molecule has 62 valence electrons. The molecular weight excluding hydrogens is 152 g/mol. The highest BCUT2D eigenvalue weighted by Gasteiger charge is 1.88. The average molecular weight is 162 g/mol. The summed E-state index contributed by atoms with van der Waals surface area (Å²) < 4.78 is 0. The van der Waals surface area contributed by atoms with E-state index in [0.717, 1.165) is 0 Å². The first-order valence-corrected chi connectivity index (χ1v) is 3.43. The van der Waals surface area contributed by atoms with Gasteiger partial charge in [0, 0.05) is 17.5 Å². The van der Waals surface area contributed by atoms with Crippen molar-refractivity contribution in [3.05, 3.63) is 11.8 Å². The van der Waals surface area contributed by atoms with Crippen LogP contribution >= 0.6 is 0 Å². The summed E-state index contributed by atoms with van der Waals surface area (Å²) in [4.78, 5) is 0. The zero-order chi connectivity index (χ0) is 9.40. The zero-order valence-corrected chi connectivity index (χ0v) is 7.13. The average Bonchev–Trinajstić information content (AvgIpc) is 2.02. The summed E-state index contributed by atoms with van der Waals surface area (Å²) in [5, 5.41) is 20.4. The summed E-state index contributed by atoms with van der Waals surface area (Å²) in [5.41, 5.74) is 4.00. The first kappa shape index (κ1) is 10.2. The van der Waals surface area contributed by atoms with Crippen molar-refractivity contribution in [3.8, 4) is 12.1 Å². The fourth-order valence-electron chi connectivity index (χ4n) is 0.467. The Morgan fingerprint density at radius 3 is 2.67 bits per heavy atom. The Labute approximate surface area is 71.8 Å². The molecule has 1 N–H and O–H groups in total. The Kier molecular flexibility index (Phi) is 5.04. The molecule has 0 aromatic carbocycles. The van der Waals surface area contributed by atoms with Gasteiger partial charge in [0.05, 0.1) is 18.6 Å². The van der Waals surface area contributed by atoms with Crippen LogP contribution < -0.4 is 5.43 Å². The number of allylic oxidation sites excluding steroid dienone is 2. The van der Waals surface area contributed by atoms with Gasteiger partial charge < -0.3 is 0 Å². The minimum absolute atomic E-state index is 0.298. The molecule has 0 aromatic heterocycles. The van der Waals surface area contributed by atoms with E-state index >= 15 is 0 Å². The maximum atomic E-state index is 8.28. The van der Waals surface area contributed by atoms with Gasteiger partial charge in [-0.05, 0) is 13.8 Å². The van der Waals surface area contributed by atoms with Crippen LogP contribution in [0.5, 0.6) is 0 Å². The number of nitrogens with zero attached hydrogens (tertiary/aromatic N) is 3. The highest BCUT2D eigenvalue weighted by molar-refractivity contribution is 5.83. The number of rotatable bonds is 3. The molecule has 0 saturated heterocycles. The minimum atomic E-state index is 0.298. The van der Waals surface area contributed by atoms with Crippen LogP contribution in [-0.4, -0.2) is 5.71 Å². The summed E-state index contributed by atoms with van der Waals surface area (Å²) in [7, 11) is 0. The largest absolute Gasteiger partial charge is 0.282 e. The van der Waals surface area contributed by atoms with Crippen molar-refractivity contribution in [1.82, 2.24) is 5.43 Å². The maximum Gasteiger partial charge on any atom is 0.0930 e. The molecule has 4 heteroatoms. The molecule has 0 rings (SSSR count). The molecule has 0 unspecified atom stereocenters. The van der Waals surface area contributed by atoms with Gasteiger partial charge in [-0.25, -0.2) is 0 Å². The van der Waals surface area contributed by atoms with Crippen LogP contribution in [0.2, 0.25) is 0 Å². The van der Waals surface area contributed by atoms with Gasteiger partial charge in [0.1, 0.15) is 0 Å². The van der Waals surface area contributed by atoms with Crippen LogP contribution in [0.15, 0.2) is 16.9 Å². The maximum absolute atomic E-state index is 8.28. The number of nitriles is 2. The highest BCUT2D eigenvalue weighted by atomic mass is 15.3. The van der Waals surface area contributed by atoms with E-state index in [9.17, 15) is 0 Å². The molecule has 0 heterocycles. The quantitative estimate of drug-likeness (QED) is 0.386. The molecule has 0 aliphatic carbocycles. The van der Waals surface area contributed by atoms with Gasteiger partial charge in [-0.15, -0.1) is 0 Å². The molecule has 12 heavy (non-hydrogen) atoms. The molecule has 0 aromatic rings. The number of nitrogens with one attached hydrogen (secondary N) is 1. The zero-order valence-electron chi connectivity index (χ0n) is 7.13. The first-order chi connectivity index (χ1) is 5.70. The van der Waals surface area contributed by atoms with E-state index < -0.39 is 0 Å². The summed E-state index contributed by atoms with van der Waals surface area (Å²) >= 11 is 0.